The monoisotopic (exact) mass is 124 g/mol. The van der Waals surface area contributed by atoms with E-state index in [-0.39, 0.29) is 18.1 Å². The summed E-state index contributed by atoms with van der Waals surface area (Å²) in [6.07, 6.45) is 0.0757. The molecule has 9 heavy (non-hydrogen) atoms. The maximum Gasteiger partial charge on any atom is 0.152 e. The SMILES string of the molecule is N#CCC(=O)C1CNC1. The van der Waals surface area contributed by atoms with Crippen LogP contribution >= 0.6 is 0 Å². The summed E-state index contributed by atoms with van der Waals surface area (Å²) in [6, 6.07) is 1.84. The van der Waals surface area contributed by atoms with Crippen molar-refractivity contribution in [3.63, 3.8) is 0 Å². The van der Waals surface area contributed by atoms with Crippen LogP contribution in [0.25, 0.3) is 0 Å². The molecule has 1 heterocycles. The number of hydrogen-bond donors (Lipinski definition) is 1. The third kappa shape index (κ3) is 1.27. The molecule has 3 heteroatoms. The first-order valence-electron chi connectivity index (χ1n) is 2.95. The molecule has 1 aliphatic heterocycles. The molecular weight excluding hydrogens is 116 g/mol. The minimum absolute atomic E-state index is 0.0757. The largest absolute Gasteiger partial charge is 0.315 e. The van der Waals surface area contributed by atoms with Crippen LogP contribution in [0.2, 0.25) is 0 Å². The molecule has 0 aliphatic carbocycles. The van der Waals surface area contributed by atoms with Crippen LogP contribution in [0.3, 0.4) is 0 Å². The molecule has 0 unspecified atom stereocenters. The van der Waals surface area contributed by atoms with Gasteiger partial charge in [0.2, 0.25) is 0 Å². The smallest absolute Gasteiger partial charge is 0.152 e. The number of hydrogen-bond acceptors (Lipinski definition) is 3. The van der Waals surface area contributed by atoms with Crippen molar-refractivity contribution >= 4 is 5.78 Å². The number of nitrogens with one attached hydrogen (secondary N) is 1. The molecule has 0 bridgehead atoms. The fraction of sp³-hybridized carbons (Fsp3) is 0.667. The second-order valence-corrected chi connectivity index (χ2v) is 2.16. The number of ketones is 1. The lowest BCUT2D eigenvalue weighted by Gasteiger charge is -2.24. The Labute approximate surface area is 53.7 Å². The van der Waals surface area contributed by atoms with Crippen molar-refractivity contribution in [2.75, 3.05) is 13.1 Å². The molecule has 0 aromatic carbocycles. The van der Waals surface area contributed by atoms with E-state index in [1.165, 1.54) is 0 Å². The number of nitriles is 1. The Morgan fingerprint density at radius 2 is 2.44 bits per heavy atom. The van der Waals surface area contributed by atoms with Crippen molar-refractivity contribution in [1.82, 2.24) is 5.32 Å². The molecular formula is C6H8N2O. The van der Waals surface area contributed by atoms with Crippen LogP contribution < -0.4 is 5.32 Å². The quantitative estimate of drug-likeness (QED) is 0.549. The lowest BCUT2D eigenvalue weighted by atomic mass is 9.96. The summed E-state index contributed by atoms with van der Waals surface area (Å²) >= 11 is 0. The maximum atomic E-state index is 10.8. The minimum Gasteiger partial charge on any atom is -0.315 e. The fourth-order valence-corrected chi connectivity index (χ4v) is 0.739. The second kappa shape index (κ2) is 2.60. The van der Waals surface area contributed by atoms with Gasteiger partial charge in [0, 0.05) is 19.0 Å². The molecule has 0 radical (unpaired) electrons. The topological polar surface area (TPSA) is 52.9 Å². The lowest BCUT2D eigenvalue weighted by Crippen LogP contribution is -2.46. The summed E-state index contributed by atoms with van der Waals surface area (Å²) in [5, 5.41) is 11.1. The van der Waals surface area contributed by atoms with Crippen LogP contribution in [0.15, 0.2) is 0 Å². The predicted octanol–water partition coefficient (Wildman–Crippen LogP) is -0.311. The summed E-state index contributed by atoms with van der Waals surface area (Å²) in [7, 11) is 0. The maximum absolute atomic E-state index is 10.8. The van der Waals surface area contributed by atoms with E-state index in [1.54, 1.807) is 0 Å². The van der Waals surface area contributed by atoms with Gasteiger partial charge in [-0.25, -0.2) is 0 Å². The van der Waals surface area contributed by atoms with Gasteiger partial charge in [-0.15, -0.1) is 0 Å². The Morgan fingerprint density at radius 1 is 1.78 bits per heavy atom. The summed E-state index contributed by atoms with van der Waals surface area (Å²) in [6.45, 7) is 1.53. The van der Waals surface area contributed by atoms with E-state index in [2.05, 4.69) is 5.32 Å². The zero-order chi connectivity index (χ0) is 6.69. The van der Waals surface area contributed by atoms with Crippen molar-refractivity contribution in [2.45, 2.75) is 6.42 Å². The van der Waals surface area contributed by atoms with Crippen LogP contribution in [0.4, 0.5) is 0 Å². The van der Waals surface area contributed by atoms with Gasteiger partial charge < -0.3 is 5.32 Å². The van der Waals surface area contributed by atoms with E-state index in [4.69, 9.17) is 5.26 Å². The number of carbonyl (C=O) groups is 1. The van der Waals surface area contributed by atoms with Gasteiger partial charge in [0.1, 0.15) is 0 Å². The van der Waals surface area contributed by atoms with Gasteiger partial charge in [-0.2, -0.15) is 5.26 Å². The van der Waals surface area contributed by atoms with Crippen molar-refractivity contribution in [3.8, 4) is 6.07 Å². The van der Waals surface area contributed by atoms with Gasteiger partial charge in [0.05, 0.1) is 12.5 Å². The zero-order valence-corrected chi connectivity index (χ0v) is 5.05. The van der Waals surface area contributed by atoms with Gasteiger partial charge in [0.15, 0.2) is 5.78 Å². The molecule has 0 saturated carbocycles. The van der Waals surface area contributed by atoms with Crippen molar-refractivity contribution in [2.24, 2.45) is 5.92 Å². The molecule has 0 amide bonds. The Morgan fingerprint density at radius 3 is 2.78 bits per heavy atom. The molecule has 1 N–H and O–H groups in total. The highest BCUT2D eigenvalue weighted by Crippen LogP contribution is 2.05. The molecule has 3 nitrogen and oxygen atoms in total. The molecule has 1 rings (SSSR count). The number of nitrogens with zero attached hydrogens (tertiary/aromatic N) is 1. The Hall–Kier alpha value is -0.880. The first-order chi connectivity index (χ1) is 4.34. The first kappa shape index (κ1) is 6.24. The summed E-state index contributed by atoms with van der Waals surface area (Å²) in [4.78, 5) is 10.8. The average molecular weight is 124 g/mol. The van der Waals surface area contributed by atoms with Gasteiger partial charge in [0.25, 0.3) is 0 Å². The number of Topliss-reactive ketones (excluding diaryl/α,β-unsaturated/α-hetero) is 1. The van der Waals surface area contributed by atoms with E-state index in [9.17, 15) is 4.79 Å². The fourth-order valence-electron chi connectivity index (χ4n) is 0.739. The van der Waals surface area contributed by atoms with E-state index in [0.717, 1.165) is 13.1 Å². The molecule has 0 aromatic rings. The summed E-state index contributed by atoms with van der Waals surface area (Å²) < 4.78 is 0. The van der Waals surface area contributed by atoms with E-state index in [0.29, 0.717) is 0 Å². The minimum atomic E-state index is 0.0757. The highest BCUT2D eigenvalue weighted by atomic mass is 16.1. The number of rotatable bonds is 2. The van der Waals surface area contributed by atoms with Crippen LogP contribution in [0.1, 0.15) is 6.42 Å². The molecule has 1 aliphatic rings. The Kier molecular flexibility index (Phi) is 1.81. The predicted molar refractivity (Wildman–Crippen MR) is 31.6 cm³/mol. The van der Waals surface area contributed by atoms with Gasteiger partial charge in [-0.3, -0.25) is 4.79 Å². The highest BCUT2D eigenvalue weighted by Gasteiger charge is 2.23. The standard InChI is InChI=1S/C6H8N2O/c7-2-1-6(9)5-3-8-4-5/h5,8H,1,3-4H2. The second-order valence-electron chi connectivity index (χ2n) is 2.16. The van der Waals surface area contributed by atoms with Crippen LogP contribution in [0.5, 0.6) is 0 Å². The summed E-state index contributed by atoms with van der Waals surface area (Å²) in [5.74, 6) is 0.209. The van der Waals surface area contributed by atoms with E-state index in [1.807, 2.05) is 6.07 Å². The van der Waals surface area contributed by atoms with E-state index >= 15 is 0 Å². The molecule has 0 aromatic heterocycles. The van der Waals surface area contributed by atoms with Crippen LogP contribution in [-0.4, -0.2) is 18.9 Å². The highest BCUT2D eigenvalue weighted by molar-refractivity contribution is 5.84. The van der Waals surface area contributed by atoms with Crippen LogP contribution in [0, 0.1) is 17.2 Å². The van der Waals surface area contributed by atoms with Crippen molar-refractivity contribution in [1.29, 1.82) is 5.26 Å². The lowest BCUT2D eigenvalue weighted by molar-refractivity contribution is -0.123. The van der Waals surface area contributed by atoms with Gasteiger partial charge in [-0.05, 0) is 0 Å². The molecule has 48 valence electrons. The molecule has 1 saturated heterocycles. The number of carbonyl (C=O) groups excluding carboxylic acids is 1. The van der Waals surface area contributed by atoms with Crippen molar-refractivity contribution < 1.29 is 4.79 Å². The zero-order valence-electron chi connectivity index (χ0n) is 5.05. The van der Waals surface area contributed by atoms with E-state index < -0.39 is 0 Å². The first-order valence-corrected chi connectivity index (χ1v) is 2.95. The Bertz CT molecular complexity index is 155. The molecule has 0 spiro atoms. The third-order valence-electron chi connectivity index (χ3n) is 1.49. The van der Waals surface area contributed by atoms with Gasteiger partial charge >= 0.3 is 0 Å². The Balaban J connectivity index is 2.26. The van der Waals surface area contributed by atoms with Gasteiger partial charge in [-0.1, -0.05) is 0 Å². The average Bonchev–Trinajstić information content (AvgIpc) is 1.60. The van der Waals surface area contributed by atoms with Crippen molar-refractivity contribution in [3.05, 3.63) is 0 Å². The normalized spacial score (nSPS) is 18.1. The summed E-state index contributed by atoms with van der Waals surface area (Å²) in [5.41, 5.74) is 0. The molecule has 1 fully saturated rings. The third-order valence-corrected chi connectivity index (χ3v) is 1.49. The van der Waals surface area contributed by atoms with Crippen LogP contribution in [-0.2, 0) is 4.79 Å². The molecule has 0 atom stereocenters.